The van der Waals surface area contributed by atoms with Crippen molar-refractivity contribution < 1.29 is 28.1 Å². The molecule has 0 saturated heterocycles. The average Bonchev–Trinajstić information content (AvgIpc) is 2.26. The van der Waals surface area contributed by atoms with Crippen molar-refractivity contribution in [1.82, 2.24) is 0 Å². The minimum absolute atomic E-state index is 0.0129. The van der Waals surface area contributed by atoms with E-state index in [1.54, 1.807) is 6.07 Å². The fourth-order valence-electron chi connectivity index (χ4n) is 1.36. The van der Waals surface area contributed by atoms with Gasteiger partial charge in [0.1, 0.15) is 11.9 Å². The molecule has 4 nitrogen and oxygen atoms in total. The number of halogens is 4. The third-order valence-electron chi connectivity index (χ3n) is 2.19. The minimum Gasteiger partial charge on any atom is -0.406 e. The van der Waals surface area contributed by atoms with Crippen LogP contribution < -0.4 is 4.74 Å². The maximum Gasteiger partial charge on any atom is 0.573 e. The van der Waals surface area contributed by atoms with E-state index in [-0.39, 0.29) is 17.0 Å². The van der Waals surface area contributed by atoms with Crippen molar-refractivity contribution in [2.45, 2.75) is 25.0 Å². The maximum atomic E-state index is 12.0. The predicted octanol–water partition coefficient (Wildman–Crippen LogP) is 2.55. The Morgan fingerprint density at radius 1 is 1.37 bits per heavy atom. The van der Waals surface area contributed by atoms with E-state index in [0.29, 0.717) is 0 Å². The highest BCUT2D eigenvalue weighted by atomic mass is 35.5. The van der Waals surface area contributed by atoms with Crippen LogP contribution in [0.1, 0.15) is 18.1 Å². The molecule has 0 saturated carbocycles. The Labute approximate surface area is 111 Å². The summed E-state index contributed by atoms with van der Waals surface area (Å²) in [6.45, 7) is 0. The summed E-state index contributed by atoms with van der Waals surface area (Å²) in [7, 11) is 0. The third kappa shape index (κ3) is 4.59. The Morgan fingerprint density at radius 3 is 2.47 bits per heavy atom. The normalized spacial score (nSPS) is 14.6. The van der Waals surface area contributed by atoms with Gasteiger partial charge < -0.3 is 14.9 Å². The van der Waals surface area contributed by atoms with Gasteiger partial charge in [0.05, 0.1) is 23.6 Å². The highest BCUT2D eigenvalue weighted by Crippen LogP contribution is 2.32. The molecule has 1 aromatic rings. The highest BCUT2D eigenvalue weighted by molar-refractivity contribution is 6.31. The number of benzene rings is 1. The van der Waals surface area contributed by atoms with Crippen LogP contribution in [0.4, 0.5) is 13.2 Å². The summed E-state index contributed by atoms with van der Waals surface area (Å²) in [5.41, 5.74) is 0.0129. The van der Waals surface area contributed by atoms with Gasteiger partial charge in [-0.15, -0.1) is 13.2 Å². The van der Waals surface area contributed by atoms with Crippen LogP contribution in [0.25, 0.3) is 0 Å². The van der Waals surface area contributed by atoms with E-state index < -0.39 is 24.3 Å². The lowest BCUT2D eigenvalue weighted by atomic mass is 10.0. The van der Waals surface area contributed by atoms with Crippen LogP contribution in [-0.2, 0) is 0 Å². The molecule has 104 valence electrons. The van der Waals surface area contributed by atoms with Crippen LogP contribution in [0.3, 0.4) is 0 Å². The lowest BCUT2D eigenvalue weighted by Gasteiger charge is -2.17. The van der Waals surface area contributed by atoms with E-state index in [4.69, 9.17) is 16.9 Å². The molecule has 2 atom stereocenters. The zero-order valence-electron chi connectivity index (χ0n) is 9.36. The molecule has 1 rings (SSSR count). The summed E-state index contributed by atoms with van der Waals surface area (Å²) in [5, 5.41) is 27.3. The standard InChI is InChI=1S/C11H9ClF3NO3/c12-8-5-6(19-11(13,14)15)1-2-7(8)10(18)9(17)3-4-16/h1-2,5,9-10,17-18H,3H2. The summed E-state index contributed by atoms with van der Waals surface area (Å²) < 4.78 is 39.6. The molecule has 2 unspecified atom stereocenters. The number of aliphatic hydroxyl groups is 2. The topological polar surface area (TPSA) is 73.5 Å². The van der Waals surface area contributed by atoms with Crippen molar-refractivity contribution in [2.24, 2.45) is 0 Å². The first-order chi connectivity index (χ1) is 8.74. The maximum absolute atomic E-state index is 12.0. The Bertz CT molecular complexity index is 487. The first-order valence-electron chi connectivity index (χ1n) is 5.03. The van der Waals surface area contributed by atoms with Gasteiger partial charge in [0.25, 0.3) is 0 Å². The number of aliphatic hydroxyl groups excluding tert-OH is 2. The van der Waals surface area contributed by atoms with E-state index in [0.717, 1.165) is 18.2 Å². The van der Waals surface area contributed by atoms with Gasteiger partial charge in [-0.3, -0.25) is 0 Å². The predicted molar refractivity (Wildman–Crippen MR) is 59.3 cm³/mol. The van der Waals surface area contributed by atoms with Crippen LogP contribution >= 0.6 is 11.6 Å². The van der Waals surface area contributed by atoms with Crippen LogP contribution in [0.5, 0.6) is 5.75 Å². The van der Waals surface area contributed by atoms with Gasteiger partial charge >= 0.3 is 6.36 Å². The summed E-state index contributed by atoms with van der Waals surface area (Å²) in [6.07, 6.45) is -8.02. The Kier molecular flexibility index (Phi) is 5.00. The molecule has 0 heterocycles. The van der Waals surface area contributed by atoms with Gasteiger partial charge in [-0.25, -0.2) is 0 Å². The molecule has 0 fully saturated rings. The fraction of sp³-hybridized carbons (Fsp3) is 0.364. The molecule has 0 aliphatic carbocycles. The van der Waals surface area contributed by atoms with Gasteiger partial charge in [-0.1, -0.05) is 17.7 Å². The number of alkyl halides is 3. The van der Waals surface area contributed by atoms with Crippen molar-refractivity contribution in [3.8, 4) is 11.8 Å². The molecule has 2 N–H and O–H groups in total. The second kappa shape index (κ2) is 6.10. The van der Waals surface area contributed by atoms with Gasteiger partial charge in [0.2, 0.25) is 0 Å². The van der Waals surface area contributed by atoms with E-state index in [9.17, 15) is 23.4 Å². The highest BCUT2D eigenvalue weighted by Gasteiger charge is 2.31. The molecule has 0 aliphatic rings. The fourth-order valence-corrected chi connectivity index (χ4v) is 1.64. The molecule has 19 heavy (non-hydrogen) atoms. The summed E-state index contributed by atoms with van der Waals surface area (Å²) in [6, 6.07) is 4.57. The van der Waals surface area contributed by atoms with Crippen LogP contribution in [0.15, 0.2) is 18.2 Å². The van der Waals surface area contributed by atoms with Crippen molar-refractivity contribution in [3.05, 3.63) is 28.8 Å². The minimum atomic E-state index is -4.84. The van der Waals surface area contributed by atoms with Crippen molar-refractivity contribution in [1.29, 1.82) is 5.26 Å². The lowest BCUT2D eigenvalue weighted by Crippen LogP contribution is -2.19. The van der Waals surface area contributed by atoms with Gasteiger partial charge in [0, 0.05) is 5.56 Å². The molecule has 0 bridgehead atoms. The Hall–Kier alpha value is -1.49. The van der Waals surface area contributed by atoms with E-state index in [1.165, 1.54) is 0 Å². The first-order valence-corrected chi connectivity index (χ1v) is 5.40. The first kappa shape index (κ1) is 15.6. The largest absolute Gasteiger partial charge is 0.573 e. The van der Waals surface area contributed by atoms with E-state index in [1.807, 2.05) is 0 Å². The summed E-state index contributed by atoms with van der Waals surface area (Å²) in [5.74, 6) is -0.539. The number of nitriles is 1. The zero-order chi connectivity index (χ0) is 14.6. The number of hydrogen-bond acceptors (Lipinski definition) is 4. The molecule has 0 aromatic heterocycles. The van der Waals surface area contributed by atoms with Crippen molar-refractivity contribution >= 4 is 11.6 Å². The molecule has 0 spiro atoms. The molecule has 1 aromatic carbocycles. The van der Waals surface area contributed by atoms with Gasteiger partial charge in [-0.05, 0) is 12.1 Å². The number of ether oxygens (including phenoxy) is 1. The smallest absolute Gasteiger partial charge is 0.406 e. The summed E-state index contributed by atoms with van der Waals surface area (Å²) in [4.78, 5) is 0. The molecule has 0 aliphatic heterocycles. The van der Waals surface area contributed by atoms with E-state index >= 15 is 0 Å². The molecule has 0 radical (unpaired) electrons. The van der Waals surface area contributed by atoms with Crippen LogP contribution in [-0.4, -0.2) is 22.7 Å². The van der Waals surface area contributed by atoms with Gasteiger partial charge in [-0.2, -0.15) is 5.26 Å². The zero-order valence-corrected chi connectivity index (χ0v) is 10.1. The lowest BCUT2D eigenvalue weighted by molar-refractivity contribution is -0.274. The number of nitrogens with zero attached hydrogens (tertiary/aromatic N) is 1. The number of rotatable bonds is 4. The number of hydrogen-bond donors (Lipinski definition) is 2. The quantitative estimate of drug-likeness (QED) is 0.895. The monoisotopic (exact) mass is 295 g/mol. The molecular formula is C11H9ClF3NO3. The van der Waals surface area contributed by atoms with E-state index in [2.05, 4.69) is 4.74 Å². The van der Waals surface area contributed by atoms with Crippen LogP contribution in [0.2, 0.25) is 5.02 Å². The molecule has 0 amide bonds. The van der Waals surface area contributed by atoms with Crippen molar-refractivity contribution in [2.75, 3.05) is 0 Å². The SMILES string of the molecule is N#CCC(O)C(O)c1ccc(OC(F)(F)F)cc1Cl. The Balaban J connectivity index is 2.92. The van der Waals surface area contributed by atoms with Crippen molar-refractivity contribution in [3.63, 3.8) is 0 Å². The second-order valence-corrected chi connectivity index (χ2v) is 4.01. The molecule has 8 heteroatoms. The summed E-state index contributed by atoms with van der Waals surface area (Å²) >= 11 is 5.70. The molecular weight excluding hydrogens is 287 g/mol. The second-order valence-electron chi connectivity index (χ2n) is 3.61. The average molecular weight is 296 g/mol. The third-order valence-corrected chi connectivity index (χ3v) is 2.52. The van der Waals surface area contributed by atoms with Crippen LogP contribution in [0, 0.1) is 11.3 Å². The van der Waals surface area contributed by atoms with Gasteiger partial charge in [0.15, 0.2) is 0 Å². The Morgan fingerprint density at radius 2 is 2.00 bits per heavy atom.